The van der Waals surface area contributed by atoms with E-state index in [2.05, 4.69) is 0 Å². The van der Waals surface area contributed by atoms with Crippen LogP contribution in [0, 0.1) is 0 Å². The van der Waals surface area contributed by atoms with Gasteiger partial charge in [0.05, 0.1) is 6.54 Å². The fraction of sp³-hybridized carbons (Fsp3) is 0.286. The average molecular weight is 274 g/mol. The topological polar surface area (TPSA) is 73.3 Å². The second-order valence-corrected chi connectivity index (χ2v) is 4.85. The summed E-state index contributed by atoms with van der Waals surface area (Å²) in [6.45, 7) is 0.334. The molecule has 0 bridgehead atoms. The van der Waals surface area contributed by atoms with Gasteiger partial charge in [-0.1, -0.05) is 30.3 Å². The van der Waals surface area contributed by atoms with Gasteiger partial charge in [-0.05, 0) is 5.56 Å². The molecular weight excluding hydrogens is 256 g/mol. The number of hydrogen-bond donors (Lipinski definition) is 1. The van der Waals surface area contributed by atoms with Crippen molar-refractivity contribution in [3.8, 4) is 0 Å². The van der Waals surface area contributed by atoms with Crippen LogP contribution in [0.3, 0.4) is 0 Å². The summed E-state index contributed by atoms with van der Waals surface area (Å²) in [6.07, 6.45) is 0. The molecule has 2 rings (SSSR count). The number of aromatic nitrogens is 2. The van der Waals surface area contributed by atoms with E-state index in [0.717, 1.165) is 10.1 Å². The Morgan fingerprint density at radius 3 is 2.30 bits per heavy atom. The molecule has 0 unspecified atom stereocenters. The highest BCUT2D eigenvalue weighted by Crippen LogP contribution is 2.15. The van der Waals surface area contributed by atoms with E-state index >= 15 is 0 Å². The molecule has 20 heavy (non-hydrogen) atoms. The number of benzene rings is 1. The molecule has 0 spiro atoms. The predicted octanol–water partition coefficient (Wildman–Crippen LogP) is 0.243. The maximum absolute atomic E-state index is 12.2. The Morgan fingerprint density at radius 1 is 1.15 bits per heavy atom. The molecule has 0 aliphatic carbocycles. The lowest BCUT2D eigenvalue weighted by Crippen LogP contribution is -2.42. The monoisotopic (exact) mass is 274 g/mol. The zero-order valence-electron chi connectivity index (χ0n) is 11.8. The van der Waals surface area contributed by atoms with E-state index in [-0.39, 0.29) is 11.4 Å². The first kappa shape index (κ1) is 13.9. The van der Waals surface area contributed by atoms with E-state index in [0.29, 0.717) is 12.2 Å². The lowest BCUT2D eigenvalue weighted by Gasteiger charge is -2.19. The fourth-order valence-corrected chi connectivity index (χ4v) is 2.11. The molecule has 1 aromatic carbocycles. The van der Waals surface area contributed by atoms with Crippen LogP contribution in [0.25, 0.3) is 0 Å². The van der Waals surface area contributed by atoms with Crippen LogP contribution in [0.15, 0.2) is 39.9 Å². The van der Waals surface area contributed by atoms with Gasteiger partial charge in [-0.2, -0.15) is 0 Å². The number of rotatable bonds is 3. The number of anilines is 2. The molecule has 106 valence electrons. The molecule has 0 fully saturated rings. The van der Waals surface area contributed by atoms with Gasteiger partial charge < -0.3 is 10.6 Å². The molecule has 0 aliphatic heterocycles. The zero-order valence-corrected chi connectivity index (χ0v) is 11.8. The molecule has 1 aromatic heterocycles. The molecule has 0 radical (unpaired) electrons. The normalized spacial score (nSPS) is 10.6. The van der Waals surface area contributed by atoms with E-state index in [9.17, 15) is 9.59 Å². The van der Waals surface area contributed by atoms with Crippen molar-refractivity contribution in [2.45, 2.75) is 6.54 Å². The molecule has 0 aliphatic rings. The predicted molar refractivity (Wildman–Crippen MR) is 80.2 cm³/mol. The third-order valence-corrected chi connectivity index (χ3v) is 3.19. The second-order valence-electron chi connectivity index (χ2n) is 4.85. The van der Waals surface area contributed by atoms with Crippen molar-refractivity contribution in [3.05, 3.63) is 56.7 Å². The van der Waals surface area contributed by atoms with Crippen molar-refractivity contribution in [2.75, 3.05) is 24.7 Å². The van der Waals surface area contributed by atoms with Gasteiger partial charge in [-0.3, -0.25) is 13.9 Å². The average Bonchev–Trinajstić information content (AvgIpc) is 2.42. The van der Waals surface area contributed by atoms with Crippen LogP contribution >= 0.6 is 0 Å². The van der Waals surface area contributed by atoms with Gasteiger partial charge in [0.2, 0.25) is 0 Å². The Balaban J connectivity index is 2.65. The first-order valence-electron chi connectivity index (χ1n) is 6.24. The van der Waals surface area contributed by atoms with Crippen LogP contribution in [0.2, 0.25) is 0 Å². The summed E-state index contributed by atoms with van der Waals surface area (Å²) in [4.78, 5) is 25.9. The fourth-order valence-electron chi connectivity index (χ4n) is 2.11. The van der Waals surface area contributed by atoms with Crippen molar-refractivity contribution in [3.63, 3.8) is 0 Å². The highest BCUT2D eigenvalue weighted by molar-refractivity contribution is 5.61. The van der Waals surface area contributed by atoms with Gasteiger partial charge in [-0.25, -0.2) is 4.79 Å². The lowest BCUT2D eigenvalue weighted by atomic mass is 10.2. The quantitative estimate of drug-likeness (QED) is 0.870. The van der Waals surface area contributed by atoms with Gasteiger partial charge in [0.15, 0.2) is 0 Å². The summed E-state index contributed by atoms with van der Waals surface area (Å²) >= 11 is 0. The molecule has 0 saturated heterocycles. The van der Waals surface area contributed by atoms with Crippen LogP contribution in [0.5, 0.6) is 0 Å². The summed E-state index contributed by atoms with van der Waals surface area (Å²) in [6, 6.07) is 9.51. The van der Waals surface area contributed by atoms with E-state index < -0.39 is 5.69 Å². The number of nitrogen functional groups attached to an aromatic ring is 1. The van der Waals surface area contributed by atoms with Crippen LogP contribution in [-0.4, -0.2) is 23.2 Å². The Hall–Kier alpha value is -2.50. The van der Waals surface area contributed by atoms with Gasteiger partial charge >= 0.3 is 5.69 Å². The standard InChI is InChI=1S/C14H18N4O2/c1-16(2)11-12(15)18(14(20)17(3)13(11)19)9-10-7-5-4-6-8-10/h4-8H,9,15H2,1-3H3. The smallest absolute Gasteiger partial charge is 0.332 e. The summed E-state index contributed by atoms with van der Waals surface area (Å²) < 4.78 is 2.49. The molecule has 2 aromatic rings. The van der Waals surface area contributed by atoms with Crippen LogP contribution < -0.4 is 21.9 Å². The highest BCUT2D eigenvalue weighted by atomic mass is 16.2. The van der Waals surface area contributed by atoms with Gasteiger partial charge in [0.1, 0.15) is 11.5 Å². The second kappa shape index (κ2) is 5.24. The lowest BCUT2D eigenvalue weighted by molar-refractivity contribution is 0.653. The maximum Gasteiger partial charge on any atom is 0.332 e. The van der Waals surface area contributed by atoms with E-state index in [1.54, 1.807) is 19.0 Å². The van der Waals surface area contributed by atoms with E-state index in [1.807, 2.05) is 30.3 Å². The van der Waals surface area contributed by atoms with E-state index in [1.165, 1.54) is 11.6 Å². The van der Waals surface area contributed by atoms with Gasteiger partial charge in [0, 0.05) is 21.1 Å². The molecule has 2 N–H and O–H groups in total. The molecule has 6 nitrogen and oxygen atoms in total. The minimum Gasteiger partial charge on any atom is -0.383 e. The SMILES string of the molecule is CN(C)c1c(N)n(Cc2ccccc2)c(=O)n(C)c1=O. The van der Waals surface area contributed by atoms with Crippen molar-refractivity contribution < 1.29 is 0 Å². The number of nitrogens with two attached hydrogens (primary N) is 1. The molecule has 0 atom stereocenters. The van der Waals surface area contributed by atoms with Crippen molar-refractivity contribution in [2.24, 2.45) is 7.05 Å². The van der Waals surface area contributed by atoms with Crippen LogP contribution in [-0.2, 0) is 13.6 Å². The summed E-state index contributed by atoms with van der Waals surface area (Å²) in [5.41, 5.74) is 6.48. The first-order valence-corrected chi connectivity index (χ1v) is 6.24. The largest absolute Gasteiger partial charge is 0.383 e. The van der Waals surface area contributed by atoms with Crippen molar-refractivity contribution in [1.82, 2.24) is 9.13 Å². The molecule has 0 amide bonds. The van der Waals surface area contributed by atoms with E-state index in [4.69, 9.17) is 5.73 Å². The molecule has 1 heterocycles. The molecule has 0 saturated carbocycles. The maximum atomic E-state index is 12.2. The summed E-state index contributed by atoms with van der Waals surface area (Å²) in [7, 11) is 4.91. The van der Waals surface area contributed by atoms with Gasteiger partial charge in [0.25, 0.3) is 5.56 Å². The highest BCUT2D eigenvalue weighted by Gasteiger charge is 2.16. The summed E-state index contributed by atoms with van der Waals surface area (Å²) in [5, 5.41) is 0. The number of hydrogen-bond acceptors (Lipinski definition) is 4. The Labute approximate surface area is 116 Å². The third-order valence-electron chi connectivity index (χ3n) is 3.19. The Kier molecular flexibility index (Phi) is 3.65. The summed E-state index contributed by atoms with van der Waals surface area (Å²) in [5.74, 6) is 0.187. The first-order chi connectivity index (χ1) is 9.43. The van der Waals surface area contributed by atoms with Crippen LogP contribution in [0.1, 0.15) is 5.56 Å². The minimum absolute atomic E-state index is 0.187. The zero-order chi connectivity index (χ0) is 14.9. The third kappa shape index (κ3) is 2.32. The molecule has 6 heteroatoms. The van der Waals surface area contributed by atoms with Crippen LogP contribution in [0.4, 0.5) is 11.5 Å². The molecular formula is C14H18N4O2. The Bertz CT molecular complexity index is 729. The van der Waals surface area contributed by atoms with Gasteiger partial charge in [-0.15, -0.1) is 0 Å². The Morgan fingerprint density at radius 2 is 1.75 bits per heavy atom. The van der Waals surface area contributed by atoms with Crippen molar-refractivity contribution >= 4 is 11.5 Å². The number of nitrogens with zero attached hydrogens (tertiary/aromatic N) is 3. The van der Waals surface area contributed by atoms with Crippen molar-refractivity contribution in [1.29, 1.82) is 0 Å². The minimum atomic E-state index is -0.415.